The van der Waals surface area contributed by atoms with Crippen LogP contribution in [0.1, 0.15) is 66.4 Å². The average Bonchev–Trinajstić information content (AvgIpc) is 3.36. The topological polar surface area (TPSA) is 78.9 Å². The molecule has 1 amide bonds. The molecule has 40 heavy (non-hydrogen) atoms. The second-order valence-electron chi connectivity index (χ2n) is 11.1. The number of thioether (sulfide) groups is 2. The Labute approximate surface area is 248 Å². The number of likely N-dealkylation sites (tertiary alicyclic amines) is 1. The highest BCUT2D eigenvalue weighted by atomic mass is 32.2. The second-order valence-corrected chi connectivity index (χ2v) is 13.2. The molecule has 1 heterocycles. The molecule has 1 unspecified atom stereocenters. The van der Waals surface area contributed by atoms with Gasteiger partial charge in [0.05, 0.1) is 12.7 Å². The first-order valence-corrected chi connectivity index (χ1v) is 17.2. The van der Waals surface area contributed by atoms with Crippen LogP contribution in [-0.4, -0.2) is 76.7 Å². The van der Waals surface area contributed by atoms with Crippen molar-refractivity contribution < 1.29 is 19.4 Å². The van der Waals surface area contributed by atoms with E-state index in [1.165, 1.54) is 32.1 Å². The fourth-order valence-electron chi connectivity index (χ4n) is 5.90. The Balaban J connectivity index is 1.56. The van der Waals surface area contributed by atoms with E-state index in [9.17, 15) is 14.7 Å². The van der Waals surface area contributed by atoms with Gasteiger partial charge < -0.3 is 15.2 Å². The number of hydrogen-bond donors (Lipinski definition) is 2. The fourth-order valence-corrected chi connectivity index (χ4v) is 7.13. The minimum atomic E-state index is -1.00. The molecule has 2 N–H and O–H groups in total. The van der Waals surface area contributed by atoms with Crippen LogP contribution < -0.4 is 5.32 Å². The summed E-state index contributed by atoms with van der Waals surface area (Å²) < 4.78 is 6.42. The van der Waals surface area contributed by atoms with Gasteiger partial charge >= 0.3 is 5.97 Å². The third-order valence-electron chi connectivity index (χ3n) is 8.26. The molecule has 0 aromatic heterocycles. The summed E-state index contributed by atoms with van der Waals surface area (Å²) in [6.07, 6.45) is 12.3. The lowest BCUT2D eigenvalue weighted by Crippen LogP contribution is -2.41. The monoisotopic (exact) mass is 584 g/mol. The number of carbonyl (C=O) groups excluding carboxylic acids is 1. The molecule has 4 rings (SSSR count). The molecule has 1 saturated carbocycles. The number of carboxylic acid groups (broad SMARTS) is 1. The van der Waals surface area contributed by atoms with E-state index in [4.69, 9.17) is 4.74 Å². The number of benzene rings is 2. The summed E-state index contributed by atoms with van der Waals surface area (Å²) in [7, 11) is 0. The van der Waals surface area contributed by atoms with E-state index < -0.39 is 12.0 Å². The molecular weight excluding hydrogens is 540 g/mol. The maximum atomic E-state index is 13.4. The van der Waals surface area contributed by atoms with Crippen molar-refractivity contribution >= 4 is 35.4 Å². The zero-order valence-corrected chi connectivity index (χ0v) is 25.7. The van der Waals surface area contributed by atoms with Gasteiger partial charge in [-0.1, -0.05) is 49.6 Å². The minimum Gasteiger partial charge on any atom is -0.480 e. The highest BCUT2D eigenvalue weighted by Gasteiger charge is 2.33. The molecule has 1 saturated heterocycles. The molecule has 218 valence electrons. The minimum absolute atomic E-state index is 0.347. The number of hydrogen-bond acceptors (Lipinski definition) is 6. The summed E-state index contributed by atoms with van der Waals surface area (Å²) >= 11 is 3.51. The van der Waals surface area contributed by atoms with E-state index in [1.807, 2.05) is 61.3 Å². The van der Waals surface area contributed by atoms with Crippen LogP contribution in [-0.2, 0) is 16.1 Å². The number of carbonyl (C=O) groups is 2. The highest BCUT2D eigenvalue weighted by Crippen LogP contribution is 2.32. The molecule has 6 nitrogen and oxygen atoms in total. The van der Waals surface area contributed by atoms with Crippen molar-refractivity contribution in [2.45, 2.75) is 81.9 Å². The summed E-state index contributed by atoms with van der Waals surface area (Å²) in [5, 5.41) is 13.1. The molecule has 2 aromatic rings. The fraction of sp³-hybridized carbons (Fsp3) is 0.562. The number of aryl methyl sites for hydroxylation is 1. The van der Waals surface area contributed by atoms with Crippen molar-refractivity contribution in [3.63, 3.8) is 0 Å². The first kappa shape index (κ1) is 30.9. The number of nitrogens with zero attached hydrogens (tertiary/aromatic N) is 1. The summed E-state index contributed by atoms with van der Waals surface area (Å²) in [5.74, 6) is -0.685. The lowest BCUT2D eigenvalue weighted by atomic mass is 9.93. The van der Waals surface area contributed by atoms with E-state index in [0.717, 1.165) is 48.4 Å². The molecule has 2 fully saturated rings. The molecular formula is C32H44N2O4S2. The second kappa shape index (κ2) is 15.3. The van der Waals surface area contributed by atoms with E-state index in [0.29, 0.717) is 35.1 Å². The molecule has 2 aliphatic rings. The van der Waals surface area contributed by atoms with Crippen molar-refractivity contribution in [1.29, 1.82) is 0 Å². The number of carboxylic acids is 1. The quantitative estimate of drug-likeness (QED) is 0.288. The standard InChI is InChI=1S/C32H44N2O4S2/c1-22-9-7-8-12-27(22)29-17-23(13-14-28(29)31(35)33-30(32(36)37)15-16-39-2)19-34-20-26(40-3)18-24(34)21-38-25-10-5-4-6-11-25/h7-9,12-14,17,24-26,30H,4-6,10-11,15-16,18-21H2,1-3H3,(H,33,35)(H,36,37)/t24-,26?,30-/m0/s1. The van der Waals surface area contributed by atoms with Gasteiger partial charge in [0.2, 0.25) is 0 Å². The van der Waals surface area contributed by atoms with Crippen LogP contribution in [0.4, 0.5) is 0 Å². The van der Waals surface area contributed by atoms with E-state index in [1.54, 1.807) is 11.8 Å². The molecule has 1 aliphatic heterocycles. The van der Waals surface area contributed by atoms with Crippen LogP contribution in [0.2, 0.25) is 0 Å². The van der Waals surface area contributed by atoms with Crippen molar-refractivity contribution in [2.75, 3.05) is 31.4 Å². The van der Waals surface area contributed by atoms with Gasteiger partial charge in [0.1, 0.15) is 6.04 Å². The Morgan fingerprint density at radius 1 is 1.10 bits per heavy atom. The van der Waals surface area contributed by atoms with Gasteiger partial charge in [-0.25, -0.2) is 4.79 Å². The van der Waals surface area contributed by atoms with Gasteiger partial charge in [-0.15, -0.1) is 0 Å². The van der Waals surface area contributed by atoms with Crippen LogP contribution in [0.15, 0.2) is 42.5 Å². The number of amides is 1. The normalized spacial score (nSPS) is 20.9. The van der Waals surface area contributed by atoms with Gasteiger partial charge in [0, 0.05) is 29.9 Å². The Bertz CT molecular complexity index is 1140. The third kappa shape index (κ3) is 8.28. The molecule has 8 heteroatoms. The Morgan fingerprint density at radius 3 is 2.58 bits per heavy atom. The van der Waals surface area contributed by atoms with Crippen molar-refractivity contribution in [2.24, 2.45) is 0 Å². The summed E-state index contributed by atoms with van der Waals surface area (Å²) in [6.45, 7) is 4.64. The number of rotatable bonds is 13. The molecule has 0 bridgehead atoms. The van der Waals surface area contributed by atoms with Gasteiger partial charge in [-0.2, -0.15) is 23.5 Å². The van der Waals surface area contributed by atoms with E-state index in [2.05, 4.69) is 22.5 Å². The summed E-state index contributed by atoms with van der Waals surface area (Å²) in [6, 6.07) is 13.6. The van der Waals surface area contributed by atoms with Crippen LogP contribution in [0.25, 0.3) is 11.1 Å². The predicted molar refractivity (Wildman–Crippen MR) is 167 cm³/mol. The molecule has 1 aliphatic carbocycles. The van der Waals surface area contributed by atoms with Crippen LogP contribution in [0, 0.1) is 6.92 Å². The molecule has 3 atom stereocenters. The Hall–Kier alpha value is -2.00. The van der Waals surface area contributed by atoms with Crippen LogP contribution in [0.3, 0.4) is 0 Å². The van der Waals surface area contributed by atoms with Gasteiger partial charge in [0.15, 0.2) is 0 Å². The molecule has 2 aromatic carbocycles. The van der Waals surface area contributed by atoms with Gasteiger partial charge in [-0.3, -0.25) is 9.69 Å². The first-order valence-electron chi connectivity index (χ1n) is 14.5. The zero-order chi connectivity index (χ0) is 28.5. The number of nitrogens with one attached hydrogen (secondary N) is 1. The lowest BCUT2D eigenvalue weighted by molar-refractivity contribution is -0.139. The predicted octanol–water partition coefficient (Wildman–Crippen LogP) is 6.25. The summed E-state index contributed by atoms with van der Waals surface area (Å²) in [4.78, 5) is 27.8. The maximum Gasteiger partial charge on any atom is 0.326 e. The smallest absolute Gasteiger partial charge is 0.326 e. The first-order chi connectivity index (χ1) is 19.4. The highest BCUT2D eigenvalue weighted by molar-refractivity contribution is 7.99. The number of aliphatic carboxylic acids is 1. The molecule has 0 radical (unpaired) electrons. The third-order valence-corrected chi connectivity index (χ3v) is 9.92. The average molecular weight is 585 g/mol. The van der Waals surface area contributed by atoms with Crippen molar-refractivity contribution in [1.82, 2.24) is 10.2 Å². The summed E-state index contributed by atoms with van der Waals surface area (Å²) in [5.41, 5.74) is 4.57. The zero-order valence-electron chi connectivity index (χ0n) is 24.1. The van der Waals surface area contributed by atoms with Gasteiger partial charge in [-0.05, 0) is 85.3 Å². The van der Waals surface area contributed by atoms with Gasteiger partial charge in [0.25, 0.3) is 5.91 Å². The lowest BCUT2D eigenvalue weighted by Gasteiger charge is -2.28. The SMILES string of the molecule is CSCC[C@H](NC(=O)c1ccc(CN2CC(SC)C[C@H]2COC2CCCCC2)cc1-c1ccccc1C)C(=O)O. The van der Waals surface area contributed by atoms with Crippen molar-refractivity contribution in [3.05, 3.63) is 59.2 Å². The maximum absolute atomic E-state index is 13.4. The van der Waals surface area contributed by atoms with Crippen LogP contribution >= 0.6 is 23.5 Å². The van der Waals surface area contributed by atoms with E-state index >= 15 is 0 Å². The van der Waals surface area contributed by atoms with E-state index in [-0.39, 0.29) is 5.91 Å². The Kier molecular flexibility index (Phi) is 11.8. The largest absolute Gasteiger partial charge is 0.480 e. The number of ether oxygens (including phenoxy) is 1. The molecule has 0 spiro atoms. The Morgan fingerprint density at radius 2 is 1.88 bits per heavy atom. The van der Waals surface area contributed by atoms with Crippen molar-refractivity contribution in [3.8, 4) is 11.1 Å². The van der Waals surface area contributed by atoms with Crippen LogP contribution in [0.5, 0.6) is 0 Å².